The summed E-state index contributed by atoms with van der Waals surface area (Å²) >= 11 is 3.12. The number of imidazole rings is 1. The molecule has 6 heteroatoms. The first-order valence-corrected chi connectivity index (χ1v) is 6.68. The van der Waals surface area contributed by atoms with Gasteiger partial charge in [0.25, 0.3) is 0 Å². The molecule has 0 bridgehead atoms. The SMILES string of the molecule is O=C(CBr)c1cnc(NCCc2ccncc2)[nH]1. The van der Waals surface area contributed by atoms with Crippen LogP contribution >= 0.6 is 15.9 Å². The normalized spacial score (nSPS) is 10.3. The van der Waals surface area contributed by atoms with Crippen molar-refractivity contribution in [1.29, 1.82) is 0 Å². The predicted molar refractivity (Wildman–Crippen MR) is 73.1 cm³/mol. The second-order valence-corrected chi connectivity index (χ2v) is 4.30. The number of carbonyl (C=O) groups excluding carboxylic acids is 1. The Bertz CT molecular complexity index is 512. The van der Waals surface area contributed by atoms with E-state index in [1.54, 1.807) is 18.6 Å². The van der Waals surface area contributed by atoms with E-state index in [2.05, 4.69) is 36.2 Å². The number of nitrogens with one attached hydrogen (secondary N) is 2. The lowest BCUT2D eigenvalue weighted by atomic mass is 10.2. The molecule has 18 heavy (non-hydrogen) atoms. The number of rotatable bonds is 6. The van der Waals surface area contributed by atoms with E-state index in [4.69, 9.17) is 0 Å². The largest absolute Gasteiger partial charge is 0.355 e. The molecule has 0 aliphatic rings. The van der Waals surface area contributed by atoms with E-state index in [0.29, 0.717) is 17.0 Å². The van der Waals surface area contributed by atoms with Crippen LogP contribution in [0.15, 0.2) is 30.7 Å². The van der Waals surface area contributed by atoms with Gasteiger partial charge in [0.15, 0.2) is 5.78 Å². The summed E-state index contributed by atoms with van der Waals surface area (Å²) in [5, 5.41) is 3.44. The van der Waals surface area contributed by atoms with Crippen molar-refractivity contribution in [3.8, 4) is 0 Å². The molecule has 0 amide bonds. The molecule has 5 nitrogen and oxygen atoms in total. The number of aromatic amines is 1. The van der Waals surface area contributed by atoms with Crippen LogP contribution in [-0.2, 0) is 6.42 Å². The number of aromatic nitrogens is 3. The van der Waals surface area contributed by atoms with Crippen molar-refractivity contribution in [2.24, 2.45) is 0 Å². The predicted octanol–water partition coefficient (Wildman–Crippen LogP) is 2.04. The van der Waals surface area contributed by atoms with E-state index in [1.807, 2.05) is 12.1 Å². The monoisotopic (exact) mass is 308 g/mol. The summed E-state index contributed by atoms with van der Waals surface area (Å²) in [5.41, 5.74) is 1.72. The third-order valence-electron chi connectivity index (χ3n) is 2.45. The van der Waals surface area contributed by atoms with Gasteiger partial charge in [-0.3, -0.25) is 9.78 Å². The Morgan fingerprint density at radius 1 is 1.39 bits per heavy atom. The highest BCUT2D eigenvalue weighted by atomic mass is 79.9. The van der Waals surface area contributed by atoms with Gasteiger partial charge < -0.3 is 10.3 Å². The number of anilines is 1. The maximum absolute atomic E-state index is 11.4. The molecule has 2 aromatic rings. The van der Waals surface area contributed by atoms with Gasteiger partial charge in [0.05, 0.1) is 11.5 Å². The second kappa shape index (κ2) is 6.30. The number of Topliss-reactive ketones (excluding diaryl/α,β-unsaturated/α-hetero) is 1. The van der Waals surface area contributed by atoms with Crippen molar-refractivity contribution >= 4 is 27.7 Å². The molecule has 0 fully saturated rings. The van der Waals surface area contributed by atoms with E-state index < -0.39 is 0 Å². The number of nitrogens with zero attached hydrogens (tertiary/aromatic N) is 2. The van der Waals surface area contributed by atoms with Crippen molar-refractivity contribution in [2.75, 3.05) is 17.2 Å². The lowest BCUT2D eigenvalue weighted by Crippen LogP contribution is -2.07. The summed E-state index contributed by atoms with van der Waals surface area (Å²) in [6.07, 6.45) is 5.97. The molecule has 0 aromatic carbocycles. The zero-order chi connectivity index (χ0) is 12.8. The molecule has 0 saturated carbocycles. The van der Waals surface area contributed by atoms with Gasteiger partial charge in [-0.25, -0.2) is 4.98 Å². The number of ketones is 1. The van der Waals surface area contributed by atoms with Crippen molar-refractivity contribution in [3.63, 3.8) is 0 Å². The van der Waals surface area contributed by atoms with E-state index in [1.165, 1.54) is 5.56 Å². The number of H-pyrrole nitrogens is 1. The van der Waals surface area contributed by atoms with Gasteiger partial charge in [0.2, 0.25) is 5.95 Å². The summed E-state index contributed by atoms with van der Waals surface area (Å²) in [4.78, 5) is 22.4. The Kier molecular flexibility index (Phi) is 4.46. The maximum Gasteiger partial charge on any atom is 0.200 e. The van der Waals surface area contributed by atoms with Crippen LogP contribution in [-0.4, -0.2) is 32.6 Å². The summed E-state index contributed by atoms with van der Waals surface area (Å²) < 4.78 is 0. The van der Waals surface area contributed by atoms with E-state index in [-0.39, 0.29) is 5.78 Å². The summed E-state index contributed by atoms with van der Waals surface area (Å²) in [5.74, 6) is 0.609. The lowest BCUT2D eigenvalue weighted by Gasteiger charge is -2.02. The van der Waals surface area contributed by atoms with Gasteiger partial charge in [0.1, 0.15) is 5.69 Å². The first-order valence-electron chi connectivity index (χ1n) is 5.56. The topological polar surface area (TPSA) is 70.7 Å². The number of carbonyl (C=O) groups is 1. The maximum atomic E-state index is 11.4. The summed E-state index contributed by atoms with van der Waals surface area (Å²) in [7, 11) is 0. The molecule has 0 aliphatic heterocycles. The molecular weight excluding hydrogens is 296 g/mol. The number of hydrogen-bond acceptors (Lipinski definition) is 4. The van der Waals surface area contributed by atoms with Crippen LogP contribution in [0.25, 0.3) is 0 Å². The van der Waals surface area contributed by atoms with Gasteiger partial charge in [0, 0.05) is 18.9 Å². The Morgan fingerprint density at radius 3 is 2.89 bits per heavy atom. The fourth-order valence-corrected chi connectivity index (χ4v) is 1.80. The van der Waals surface area contributed by atoms with Crippen LogP contribution in [0.5, 0.6) is 0 Å². The molecule has 2 aromatic heterocycles. The molecule has 0 aliphatic carbocycles. The number of alkyl halides is 1. The zero-order valence-electron chi connectivity index (χ0n) is 9.69. The number of pyridine rings is 1. The van der Waals surface area contributed by atoms with E-state index in [0.717, 1.165) is 13.0 Å². The fourth-order valence-electron chi connectivity index (χ4n) is 1.50. The smallest absolute Gasteiger partial charge is 0.200 e. The quantitative estimate of drug-likeness (QED) is 0.633. The lowest BCUT2D eigenvalue weighted by molar-refractivity contribution is 0.101. The molecule has 94 valence electrons. The van der Waals surface area contributed by atoms with Crippen LogP contribution < -0.4 is 5.32 Å². The minimum absolute atomic E-state index is 0.00955. The molecular formula is C12H13BrN4O. The number of halogens is 1. The second-order valence-electron chi connectivity index (χ2n) is 3.73. The average molecular weight is 309 g/mol. The fraction of sp³-hybridized carbons (Fsp3) is 0.250. The minimum atomic E-state index is -0.00955. The molecule has 0 radical (unpaired) electrons. The molecule has 0 spiro atoms. The van der Waals surface area contributed by atoms with Crippen molar-refractivity contribution in [2.45, 2.75) is 6.42 Å². The molecule has 2 N–H and O–H groups in total. The zero-order valence-corrected chi connectivity index (χ0v) is 11.3. The first-order chi connectivity index (χ1) is 8.79. The standard InChI is InChI=1S/C12H13BrN4O/c13-7-11(18)10-8-16-12(17-10)15-6-3-9-1-4-14-5-2-9/h1-2,4-5,8H,3,6-7H2,(H2,15,16,17). The Morgan fingerprint density at radius 2 is 2.17 bits per heavy atom. The van der Waals surface area contributed by atoms with Crippen molar-refractivity contribution in [3.05, 3.63) is 42.0 Å². The van der Waals surface area contributed by atoms with Crippen LogP contribution in [0.2, 0.25) is 0 Å². The Hall–Kier alpha value is -1.69. The minimum Gasteiger partial charge on any atom is -0.355 e. The molecule has 0 saturated heterocycles. The summed E-state index contributed by atoms with van der Waals surface area (Å²) in [6, 6.07) is 3.95. The molecule has 2 heterocycles. The van der Waals surface area contributed by atoms with Gasteiger partial charge in [-0.2, -0.15) is 0 Å². The molecule has 0 atom stereocenters. The van der Waals surface area contributed by atoms with Gasteiger partial charge >= 0.3 is 0 Å². The van der Waals surface area contributed by atoms with Crippen LogP contribution in [0.3, 0.4) is 0 Å². The van der Waals surface area contributed by atoms with Crippen LogP contribution in [0.4, 0.5) is 5.95 Å². The highest BCUT2D eigenvalue weighted by Gasteiger charge is 2.07. The average Bonchev–Trinajstić information content (AvgIpc) is 2.88. The summed E-state index contributed by atoms with van der Waals surface area (Å²) in [6.45, 7) is 0.749. The van der Waals surface area contributed by atoms with Crippen molar-refractivity contribution < 1.29 is 4.79 Å². The Labute approximate surface area is 113 Å². The third kappa shape index (κ3) is 3.40. The van der Waals surface area contributed by atoms with Crippen LogP contribution in [0.1, 0.15) is 16.1 Å². The molecule has 2 rings (SSSR count). The van der Waals surface area contributed by atoms with E-state index >= 15 is 0 Å². The third-order valence-corrected chi connectivity index (χ3v) is 2.96. The highest BCUT2D eigenvalue weighted by molar-refractivity contribution is 9.09. The van der Waals surface area contributed by atoms with Gasteiger partial charge in [-0.05, 0) is 24.1 Å². The highest BCUT2D eigenvalue weighted by Crippen LogP contribution is 2.05. The van der Waals surface area contributed by atoms with E-state index in [9.17, 15) is 4.79 Å². The van der Waals surface area contributed by atoms with Gasteiger partial charge in [-0.15, -0.1) is 0 Å². The number of hydrogen-bond donors (Lipinski definition) is 2. The first kappa shape index (κ1) is 12.8. The Balaban J connectivity index is 1.84. The van der Waals surface area contributed by atoms with Crippen LogP contribution in [0, 0.1) is 0 Å². The molecule has 0 unspecified atom stereocenters. The van der Waals surface area contributed by atoms with Gasteiger partial charge in [-0.1, -0.05) is 15.9 Å². The van der Waals surface area contributed by atoms with Crippen molar-refractivity contribution in [1.82, 2.24) is 15.0 Å².